The molecule has 2 aromatic carbocycles. The number of anilines is 1. The lowest BCUT2D eigenvalue weighted by atomic mass is 10.3. The smallest absolute Gasteiger partial charge is 0.261 e. The van der Waals surface area contributed by atoms with E-state index in [1.807, 2.05) is 22.6 Å². The van der Waals surface area contributed by atoms with Crippen LogP contribution in [0.25, 0.3) is 0 Å². The molecule has 0 saturated heterocycles. The van der Waals surface area contributed by atoms with Crippen molar-refractivity contribution in [2.45, 2.75) is 4.90 Å². The molecular weight excluding hydrogens is 439 g/mol. The molecule has 3 nitrogen and oxygen atoms in total. The zero-order valence-corrected chi connectivity index (χ0v) is 14.2. The SMILES string of the molecule is O=S(=O)(Nc1ccc(F)cc1I)c1ccc(Cl)c(Cl)c1. The second-order valence-corrected chi connectivity index (χ2v) is 7.46. The average molecular weight is 446 g/mol. The molecule has 0 radical (unpaired) electrons. The van der Waals surface area contributed by atoms with E-state index in [0.717, 1.165) is 0 Å². The molecule has 0 saturated carbocycles. The Morgan fingerprint density at radius 3 is 2.35 bits per heavy atom. The Kier molecular flexibility index (Phi) is 4.78. The summed E-state index contributed by atoms with van der Waals surface area (Å²) < 4.78 is 40.2. The van der Waals surface area contributed by atoms with Crippen molar-refractivity contribution in [3.05, 3.63) is 55.8 Å². The van der Waals surface area contributed by atoms with Crippen LogP contribution in [0.3, 0.4) is 0 Å². The molecule has 1 N–H and O–H groups in total. The second kappa shape index (κ2) is 6.05. The van der Waals surface area contributed by atoms with Crippen LogP contribution < -0.4 is 4.72 Å². The Morgan fingerprint density at radius 2 is 1.75 bits per heavy atom. The maximum Gasteiger partial charge on any atom is 0.261 e. The molecule has 8 heteroatoms. The number of halogens is 4. The first kappa shape index (κ1) is 15.8. The van der Waals surface area contributed by atoms with Gasteiger partial charge in [-0.25, -0.2) is 12.8 Å². The molecular formula is C12H7Cl2FINO2S. The molecule has 0 amide bonds. The Labute approximate surface area is 139 Å². The van der Waals surface area contributed by atoms with Crippen molar-refractivity contribution in [1.29, 1.82) is 0 Å². The van der Waals surface area contributed by atoms with Gasteiger partial charge in [-0.2, -0.15) is 0 Å². The third-order valence-electron chi connectivity index (χ3n) is 2.38. The second-order valence-electron chi connectivity index (χ2n) is 3.81. The fourth-order valence-electron chi connectivity index (χ4n) is 1.42. The van der Waals surface area contributed by atoms with Crippen molar-refractivity contribution in [2.75, 3.05) is 4.72 Å². The van der Waals surface area contributed by atoms with Gasteiger partial charge in [0.15, 0.2) is 0 Å². The van der Waals surface area contributed by atoms with Crippen LogP contribution in [0.15, 0.2) is 41.3 Å². The first-order valence-corrected chi connectivity index (χ1v) is 8.54. The summed E-state index contributed by atoms with van der Waals surface area (Å²) in [5.74, 6) is -0.438. The summed E-state index contributed by atoms with van der Waals surface area (Å²) in [6, 6.07) is 7.75. The molecule has 106 valence electrons. The topological polar surface area (TPSA) is 46.2 Å². The maximum absolute atomic E-state index is 13.0. The predicted molar refractivity (Wildman–Crippen MR) is 86.4 cm³/mol. The lowest BCUT2D eigenvalue weighted by Gasteiger charge is -2.10. The van der Waals surface area contributed by atoms with Gasteiger partial charge in [0, 0.05) is 3.57 Å². The van der Waals surface area contributed by atoms with Crippen molar-refractivity contribution in [3.63, 3.8) is 0 Å². The molecule has 0 atom stereocenters. The van der Waals surface area contributed by atoms with Gasteiger partial charge < -0.3 is 0 Å². The zero-order chi connectivity index (χ0) is 14.9. The van der Waals surface area contributed by atoms with Crippen LogP contribution in [-0.4, -0.2) is 8.42 Å². The van der Waals surface area contributed by atoms with Gasteiger partial charge in [0.2, 0.25) is 0 Å². The maximum atomic E-state index is 13.0. The van der Waals surface area contributed by atoms with E-state index in [-0.39, 0.29) is 20.6 Å². The number of hydrogen-bond acceptors (Lipinski definition) is 2. The highest BCUT2D eigenvalue weighted by Gasteiger charge is 2.17. The fraction of sp³-hybridized carbons (Fsp3) is 0. The normalized spacial score (nSPS) is 11.4. The summed E-state index contributed by atoms with van der Waals surface area (Å²) in [6.45, 7) is 0. The zero-order valence-electron chi connectivity index (χ0n) is 9.70. The molecule has 2 aromatic rings. The molecule has 2 rings (SSSR count). The minimum Gasteiger partial charge on any atom is -0.279 e. The van der Waals surface area contributed by atoms with Crippen LogP contribution in [0, 0.1) is 9.39 Å². The molecule has 0 heterocycles. The molecule has 0 fully saturated rings. The van der Waals surface area contributed by atoms with E-state index in [1.54, 1.807) is 0 Å². The summed E-state index contributed by atoms with van der Waals surface area (Å²) in [4.78, 5) is -0.0213. The van der Waals surface area contributed by atoms with Crippen molar-refractivity contribution in [1.82, 2.24) is 0 Å². The predicted octanol–water partition coefficient (Wildman–Crippen LogP) is 4.54. The summed E-state index contributed by atoms with van der Waals surface area (Å²) >= 11 is 13.4. The standard InChI is InChI=1S/C12H7Cl2FINO2S/c13-9-3-2-8(6-10(9)14)20(18,19)17-12-4-1-7(15)5-11(12)16/h1-6,17H. The summed E-state index contributed by atoms with van der Waals surface area (Å²) in [5, 5.41) is 0.408. The third-order valence-corrected chi connectivity index (χ3v) is 5.37. The van der Waals surface area contributed by atoms with E-state index in [1.165, 1.54) is 36.4 Å². The lowest BCUT2D eigenvalue weighted by molar-refractivity contribution is 0.601. The minimum absolute atomic E-state index is 0.0213. The van der Waals surface area contributed by atoms with Crippen molar-refractivity contribution >= 4 is 61.5 Å². The minimum atomic E-state index is -3.81. The van der Waals surface area contributed by atoms with E-state index < -0.39 is 15.8 Å². The first-order chi connectivity index (χ1) is 9.29. The van der Waals surface area contributed by atoms with Gasteiger partial charge in [-0.3, -0.25) is 4.72 Å². The fourth-order valence-corrected chi connectivity index (χ4v) is 3.68. The van der Waals surface area contributed by atoms with Gasteiger partial charge in [0.25, 0.3) is 10.0 Å². The highest BCUT2D eigenvalue weighted by molar-refractivity contribution is 14.1. The van der Waals surface area contributed by atoms with Gasteiger partial charge in [0.1, 0.15) is 5.82 Å². The first-order valence-electron chi connectivity index (χ1n) is 5.22. The average Bonchev–Trinajstić information content (AvgIpc) is 2.36. The Balaban J connectivity index is 2.38. The Morgan fingerprint density at radius 1 is 1.05 bits per heavy atom. The number of rotatable bonds is 3. The summed E-state index contributed by atoms with van der Waals surface area (Å²) in [5.41, 5.74) is 0.290. The van der Waals surface area contributed by atoms with Crippen LogP contribution in [0.1, 0.15) is 0 Å². The van der Waals surface area contributed by atoms with Crippen molar-refractivity contribution in [3.8, 4) is 0 Å². The summed E-state index contributed by atoms with van der Waals surface area (Å²) in [6.07, 6.45) is 0. The largest absolute Gasteiger partial charge is 0.279 e. The van der Waals surface area contributed by atoms with Crippen LogP contribution >= 0.6 is 45.8 Å². The molecule has 0 spiro atoms. The molecule has 0 aliphatic carbocycles. The van der Waals surface area contributed by atoms with E-state index in [4.69, 9.17) is 23.2 Å². The highest BCUT2D eigenvalue weighted by Crippen LogP contribution is 2.27. The van der Waals surface area contributed by atoms with E-state index >= 15 is 0 Å². The van der Waals surface area contributed by atoms with Gasteiger partial charge in [-0.1, -0.05) is 23.2 Å². The van der Waals surface area contributed by atoms with Crippen molar-refractivity contribution < 1.29 is 12.8 Å². The molecule has 0 unspecified atom stereocenters. The molecule has 0 aliphatic heterocycles. The number of benzene rings is 2. The number of hydrogen-bond donors (Lipinski definition) is 1. The van der Waals surface area contributed by atoms with Crippen LogP contribution in [0.5, 0.6) is 0 Å². The van der Waals surface area contributed by atoms with Crippen molar-refractivity contribution in [2.24, 2.45) is 0 Å². The van der Waals surface area contributed by atoms with Gasteiger partial charge in [-0.05, 0) is 59.0 Å². The lowest BCUT2D eigenvalue weighted by Crippen LogP contribution is -2.13. The highest BCUT2D eigenvalue weighted by atomic mass is 127. The Hall–Kier alpha value is -0.570. The van der Waals surface area contributed by atoms with Crippen LogP contribution in [0.4, 0.5) is 10.1 Å². The Bertz CT molecular complexity index is 768. The molecule has 0 bridgehead atoms. The molecule has 0 aromatic heterocycles. The van der Waals surface area contributed by atoms with Gasteiger partial charge in [0.05, 0.1) is 20.6 Å². The van der Waals surface area contributed by atoms with Gasteiger partial charge in [-0.15, -0.1) is 0 Å². The number of nitrogens with one attached hydrogen (secondary N) is 1. The summed E-state index contributed by atoms with van der Waals surface area (Å²) in [7, 11) is -3.81. The monoisotopic (exact) mass is 445 g/mol. The number of sulfonamides is 1. The molecule has 20 heavy (non-hydrogen) atoms. The van der Waals surface area contributed by atoms with E-state index in [2.05, 4.69) is 4.72 Å². The third kappa shape index (κ3) is 3.55. The van der Waals surface area contributed by atoms with E-state index in [9.17, 15) is 12.8 Å². The quantitative estimate of drug-likeness (QED) is 0.705. The van der Waals surface area contributed by atoms with Crippen LogP contribution in [0.2, 0.25) is 10.0 Å². The van der Waals surface area contributed by atoms with Gasteiger partial charge >= 0.3 is 0 Å². The molecule has 0 aliphatic rings. The van der Waals surface area contributed by atoms with Crippen LogP contribution in [-0.2, 0) is 10.0 Å². The van der Waals surface area contributed by atoms with E-state index in [0.29, 0.717) is 3.57 Å².